The summed E-state index contributed by atoms with van der Waals surface area (Å²) in [7, 11) is 1.68. The molecule has 0 aliphatic carbocycles. The van der Waals surface area contributed by atoms with Crippen molar-refractivity contribution in [3.05, 3.63) is 59.3 Å². The highest BCUT2D eigenvalue weighted by Gasteiger charge is 2.22. The Labute approximate surface area is 178 Å². The van der Waals surface area contributed by atoms with Crippen molar-refractivity contribution < 1.29 is 9.47 Å². The zero-order valence-electron chi connectivity index (χ0n) is 16.1. The van der Waals surface area contributed by atoms with Crippen molar-refractivity contribution in [1.29, 1.82) is 0 Å². The van der Waals surface area contributed by atoms with E-state index in [0.29, 0.717) is 23.1 Å². The third-order valence-electron chi connectivity index (χ3n) is 4.87. The highest BCUT2D eigenvalue weighted by atomic mass is 79.9. The van der Waals surface area contributed by atoms with Crippen molar-refractivity contribution in [2.24, 2.45) is 0 Å². The number of nitrogen functional groups attached to an aromatic ring is 1. The Morgan fingerprint density at radius 3 is 2.14 bits per heavy atom. The molecule has 1 saturated heterocycles. The lowest BCUT2D eigenvalue weighted by molar-refractivity contribution is 0.415. The molecule has 2 aromatic carbocycles. The quantitative estimate of drug-likeness (QED) is 0.623. The third kappa shape index (κ3) is 4.37. The summed E-state index contributed by atoms with van der Waals surface area (Å²) in [4.78, 5) is 13.1. The molecule has 7 nitrogen and oxygen atoms in total. The average molecular weight is 456 g/mol. The SMILES string of the molecule is COc1ccc(N2CCN(c3ncnc(Oc4ccc(Br)cc4)c3N)CC2)cc1. The summed E-state index contributed by atoms with van der Waals surface area (Å²) in [6, 6.07) is 15.7. The molecule has 2 heterocycles. The molecule has 1 aromatic heterocycles. The summed E-state index contributed by atoms with van der Waals surface area (Å²) < 4.78 is 12.1. The molecule has 2 N–H and O–H groups in total. The molecular weight excluding hydrogens is 434 g/mol. The lowest BCUT2D eigenvalue weighted by Gasteiger charge is -2.37. The van der Waals surface area contributed by atoms with E-state index in [4.69, 9.17) is 15.2 Å². The van der Waals surface area contributed by atoms with Gasteiger partial charge in [-0.2, -0.15) is 4.98 Å². The van der Waals surface area contributed by atoms with E-state index in [0.717, 1.165) is 36.4 Å². The van der Waals surface area contributed by atoms with E-state index in [1.807, 2.05) is 36.4 Å². The summed E-state index contributed by atoms with van der Waals surface area (Å²) in [5.41, 5.74) is 7.97. The minimum absolute atomic E-state index is 0.370. The first-order valence-corrected chi connectivity index (χ1v) is 10.1. The van der Waals surface area contributed by atoms with Gasteiger partial charge in [-0.05, 0) is 48.5 Å². The number of halogens is 1. The summed E-state index contributed by atoms with van der Waals surface area (Å²) in [5.74, 6) is 2.62. The number of nitrogens with two attached hydrogens (primary N) is 1. The maximum absolute atomic E-state index is 6.34. The molecule has 0 spiro atoms. The van der Waals surface area contributed by atoms with Crippen LogP contribution in [-0.4, -0.2) is 43.3 Å². The molecule has 1 aliphatic rings. The molecule has 29 heavy (non-hydrogen) atoms. The molecule has 0 bridgehead atoms. The molecule has 150 valence electrons. The molecular formula is C21H22BrN5O2. The van der Waals surface area contributed by atoms with Crippen LogP contribution in [0, 0.1) is 0 Å². The lowest BCUT2D eigenvalue weighted by Crippen LogP contribution is -2.47. The fourth-order valence-corrected chi connectivity index (χ4v) is 3.55. The first kappa shape index (κ1) is 19.3. The van der Waals surface area contributed by atoms with Gasteiger partial charge in [0.15, 0.2) is 5.82 Å². The highest BCUT2D eigenvalue weighted by Crippen LogP contribution is 2.32. The number of aromatic nitrogens is 2. The van der Waals surface area contributed by atoms with E-state index in [2.05, 4.69) is 47.8 Å². The Balaban J connectivity index is 1.44. The summed E-state index contributed by atoms with van der Waals surface area (Å²) >= 11 is 3.42. The van der Waals surface area contributed by atoms with Crippen LogP contribution in [-0.2, 0) is 0 Å². The number of ether oxygens (including phenoxy) is 2. The third-order valence-corrected chi connectivity index (χ3v) is 5.40. The van der Waals surface area contributed by atoms with E-state index in [1.165, 1.54) is 12.0 Å². The van der Waals surface area contributed by atoms with Gasteiger partial charge in [-0.1, -0.05) is 15.9 Å². The van der Waals surface area contributed by atoms with Gasteiger partial charge in [-0.3, -0.25) is 0 Å². The van der Waals surface area contributed by atoms with Crippen molar-refractivity contribution >= 4 is 33.1 Å². The van der Waals surface area contributed by atoms with Gasteiger partial charge in [-0.25, -0.2) is 4.98 Å². The smallest absolute Gasteiger partial charge is 0.248 e. The van der Waals surface area contributed by atoms with Crippen LogP contribution in [0.4, 0.5) is 17.2 Å². The monoisotopic (exact) mass is 455 g/mol. The number of benzene rings is 2. The molecule has 8 heteroatoms. The second kappa shape index (κ2) is 8.57. The number of hydrogen-bond donors (Lipinski definition) is 1. The summed E-state index contributed by atoms with van der Waals surface area (Å²) in [6.07, 6.45) is 1.50. The molecule has 4 rings (SSSR count). The van der Waals surface area contributed by atoms with E-state index in [1.54, 1.807) is 7.11 Å². The number of piperazine rings is 1. The van der Waals surface area contributed by atoms with Crippen LogP contribution in [0.1, 0.15) is 0 Å². The number of hydrogen-bond acceptors (Lipinski definition) is 7. The van der Waals surface area contributed by atoms with Crippen LogP contribution in [0.3, 0.4) is 0 Å². The number of methoxy groups -OCH3 is 1. The zero-order chi connectivity index (χ0) is 20.2. The molecule has 1 fully saturated rings. The van der Waals surface area contributed by atoms with Gasteiger partial charge < -0.3 is 25.0 Å². The lowest BCUT2D eigenvalue weighted by atomic mass is 10.2. The molecule has 1 aliphatic heterocycles. The Bertz CT molecular complexity index is 958. The van der Waals surface area contributed by atoms with Crippen LogP contribution >= 0.6 is 15.9 Å². The van der Waals surface area contributed by atoms with Crippen molar-refractivity contribution in [3.63, 3.8) is 0 Å². The molecule has 0 unspecified atom stereocenters. The van der Waals surface area contributed by atoms with Gasteiger partial charge in [0.2, 0.25) is 5.88 Å². The van der Waals surface area contributed by atoms with Gasteiger partial charge in [-0.15, -0.1) is 0 Å². The van der Waals surface area contributed by atoms with Gasteiger partial charge in [0.05, 0.1) is 7.11 Å². The average Bonchev–Trinajstić information content (AvgIpc) is 2.77. The number of anilines is 3. The van der Waals surface area contributed by atoms with Crippen molar-refractivity contribution in [1.82, 2.24) is 9.97 Å². The predicted molar refractivity (Wildman–Crippen MR) is 118 cm³/mol. The van der Waals surface area contributed by atoms with Crippen molar-refractivity contribution in [3.8, 4) is 17.4 Å². The second-order valence-electron chi connectivity index (χ2n) is 6.64. The predicted octanol–water partition coefficient (Wildman–Crippen LogP) is 3.95. The second-order valence-corrected chi connectivity index (χ2v) is 7.56. The van der Waals surface area contributed by atoms with Crippen LogP contribution in [0.25, 0.3) is 0 Å². The topological polar surface area (TPSA) is 76.7 Å². The molecule has 0 atom stereocenters. The number of nitrogens with zero attached hydrogens (tertiary/aromatic N) is 4. The van der Waals surface area contributed by atoms with E-state index in [9.17, 15) is 0 Å². The van der Waals surface area contributed by atoms with Crippen LogP contribution < -0.4 is 25.0 Å². The van der Waals surface area contributed by atoms with Crippen LogP contribution in [0.15, 0.2) is 59.3 Å². The Morgan fingerprint density at radius 1 is 0.862 bits per heavy atom. The maximum atomic E-state index is 6.34. The first-order chi connectivity index (χ1) is 14.1. The summed E-state index contributed by atoms with van der Waals surface area (Å²) in [6.45, 7) is 3.37. The molecule has 0 radical (unpaired) electrons. The Morgan fingerprint density at radius 2 is 1.48 bits per heavy atom. The highest BCUT2D eigenvalue weighted by molar-refractivity contribution is 9.10. The maximum Gasteiger partial charge on any atom is 0.248 e. The fraction of sp³-hybridized carbons (Fsp3) is 0.238. The Kier molecular flexibility index (Phi) is 5.71. The minimum Gasteiger partial charge on any atom is -0.497 e. The van der Waals surface area contributed by atoms with E-state index >= 15 is 0 Å². The molecule has 0 saturated carbocycles. The van der Waals surface area contributed by atoms with E-state index < -0.39 is 0 Å². The van der Waals surface area contributed by atoms with Crippen molar-refractivity contribution in [2.45, 2.75) is 0 Å². The van der Waals surface area contributed by atoms with Crippen molar-refractivity contribution in [2.75, 3.05) is 48.8 Å². The first-order valence-electron chi connectivity index (χ1n) is 9.32. The zero-order valence-corrected chi connectivity index (χ0v) is 17.7. The van der Waals surface area contributed by atoms with Gasteiger partial charge in [0.1, 0.15) is 23.5 Å². The largest absolute Gasteiger partial charge is 0.497 e. The fourth-order valence-electron chi connectivity index (χ4n) is 3.29. The van der Waals surface area contributed by atoms with E-state index in [-0.39, 0.29) is 0 Å². The standard InChI is InChI=1S/C21H22BrN5O2/c1-28-17-8-4-16(5-9-17)26-10-12-27(13-11-26)20-19(23)21(25-14-24-20)29-18-6-2-15(22)3-7-18/h2-9,14H,10-13,23H2,1H3. The normalized spacial score (nSPS) is 14.0. The van der Waals surface area contributed by atoms with Gasteiger partial charge in [0.25, 0.3) is 0 Å². The van der Waals surface area contributed by atoms with Gasteiger partial charge >= 0.3 is 0 Å². The van der Waals surface area contributed by atoms with Gasteiger partial charge in [0, 0.05) is 36.3 Å². The summed E-state index contributed by atoms with van der Waals surface area (Å²) in [5, 5.41) is 0. The molecule has 3 aromatic rings. The minimum atomic E-state index is 0.370. The molecule has 0 amide bonds. The Hall–Kier alpha value is -3.00. The van der Waals surface area contributed by atoms with Crippen LogP contribution in [0.2, 0.25) is 0 Å². The van der Waals surface area contributed by atoms with Crippen LogP contribution in [0.5, 0.6) is 17.4 Å². The number of rotatable bonds is 5.